The fraction of sp³-hybridized carbons (Fsp3) is 0.250. The van der Waals surface area contributed by atoms with Crippen LogP contribution in [0.4, 0.5) is 26.3 Å². The minimum atomic E-state index is -4.40. The number of carboxylic acids is 1. The third-order valence-electron chi connectivity index (χ3n) is 12.1. The van der Waals surface area contributed by atoms with Crippen LogP contribution in [0.5, 0.6) is 0 Å². The molecule has 0 bridgehead atoms. The Kier molecular flexibility index (Phi) is 18.0. The number of aromatic carboxylic acids is 1. The molecule has 0 aliphatic rings. The largest absolute Gasteiger partial charge is 0.476 e. The predicted octanol–water partition coefficient (Wildman–Crippen LogP) is 11.8. The molecule has 6 aromatic carbocycles. The molecular formula is C56H54F6N6O7. The number of alkyl halides is 6. The number of carboxylic acid groups (broad SMARTS) is 1. The van der Waals surface area contributed by atoms with E-state index in [-0.39, 0.29) is 35.3 Å². The average Bonchev–Trinajstić information content (AvgIpc) is 3.99. The number of methoxy groups -OCH3 is 2. The lowest BCUT2D eigenvalue weighted by atomic mass is 9.98. The monoisotopic (exact) mass is 1040 g/mol. The van der Waals surface area contributed by atoms with Gasteiger partial charge in [-0.25, -0.2) is 14.4 Å². The van der Waals surface area contributed by atoms with Crippen LogP contribution in [0.25, 0.3) is 21.8 Å². The van der Waals surface area contributed by atoms with Crippen LogP contribution < -0.4 is 11.1 Å². The summed E-state index contributed by atoms with van der Waals surface area (Å²) >= 11 is 0. The zero-order valence-electron chi connectivity index (χ0n) is 41.7. The van der Waals surface area contributed by atoms with Crippen molar-refractivity contribution < 1.29 is 60.1 Å². The van der Waals surface area contributed by atoms with Crippen LogP contribution in [0.15, 0.2) is 133 Å². The van der Waals surface area contributed by atoms with E-state index in [9.17, 15) is 50.6 Å². The maximum Gasteiger partial charge on any atom is 0.416 e. The molecule has 1 amide bonds. The van der Waals surface area contributed by atoms with Crippen LogP contribution in [0, 0.1) is 0 Å². The van der Waals surface area contributed by atoms with Gasteiger partial charge in [0.25, 0.3) is 5.91 Å². The first-order valence-corrected chi connectivity index (χ1v) is 23.5. The normalized spacial score (nSPS) is 12.2. The first-order chi connectivity index (χ1) is 35.6. The van der Waals surface area contributed by atoms with Gasteiger partial charge in [-0.2, -0.15) is 36.5 Å². The fourth-order valence-electron chi connectivity index (χ4n) is 8.16. The molecular weight excluding hydrogens is 983 g/mol. The first kappa shape index (κ1) is 56.0. The van der Waals surface area contributed by atoms with E-state index in [4.69, 9.17) is 10.5 Å². The number of nitrogens with zero attached hydrogens (tertiary/aromatic N) is 4. The van der Waals surface area contributed by atoms with Gasteiger partial charge in [-0.1, -0.05) is 72.8 Å². The summed E-state index contributed by atoms with van der Waals surface area (Å²) in [4.78, 5) is 47.6. The summed E-state index contributed by atoms with van der Waals surface area (Å²) < 4.78 is 89.5. The predicted molar refractivity (Wildman–Crippen MR) is 270 cm³/mol. The number of rotatable bonds is 13. The van der Waals surface area contributed by atoms with E-state index in [0.717, 1.165) is 46.5 Å². The fourth-order valence-corrected chi connectivity index (χ4v) is 8.16. The minimum absolute atomic E-state index is 0.00769. The maximum absolute atomic E-state index is 13.4. The van der Waals surface area contributed by atoms with Gasteiger partial charge in [0.05, 0.1) is 53.5 Å². The van der Waals surface area contributed by atoms with Crippen molar-refractivity contribution in [1.82, 2.24) is 24.9 Å². The number of esters is 2. The number of carbonyl (C=O) groups excluding carboxylic acids is 3. The molecule has 0 radical (unpaired) electrons. The van der Waals surface area contributed by atoms with Crippen LogP contribution in [-0.4, -0.2) is 62.7 Å². The molecule has 2 atom stereocenters. The van der Waals surface area contributed by atoms with Crippen LogP contribution in [-0.2, 0) is 47.8 Å². The number of nitrogens with two attached hydrogens (primary N) is 1. The Hall–Kier alpha value is -8.32. The Morgan fingerprint density at radius 3 is 1.33 bits per heavy atom. The van der Waals surface area contributed by atoms with Crippen molar-refractivity contribution in [2.75, 3.05) is 14.2 Å². The number of hydrogen-bond acceptors (Lipinski definition) is 9. The van der Waals surface area contributed by atoms with Crippen molar-refractivity contribution in [1.29, 1.82) is 0 Å². The molecule has 0 aliphatic heterocycles. The Balaban J connectivity index is 0.000000206. The van der Waals surface area contributed by atoms with Gasteiger partial charge in [0.2, 0.25) is 0 Å². The molecule has 2 aromatic heterocycles. The zero-order valence-corrected chi connectivity index (χ0v) is 41.7. The molecule has 13 nitrogen and oxygen atoms in total. The quantitative estimate of drug-likeness (QED) is 0.0743. The van der Waals surface area contributed by atoms with E-state index < -0.39 is 35.4 Å². The number of fused-ring (bicyclic) bond motifs is 2. The number of amides is 1. The number of benzene rings is 6. The number of ether oxygens (including phenoxy) is 2. The van der Waals surface area contributed by atoms with Gasteiger partial charge in [0.15, 0.2) is 11.4 Å². The second-order valence-electron chi connectivity index (χ2n) is 17.2. The van der Waals surface area contributed by atoms with E-state index in [1.54, 1.807) is 64.0 Å². The van der Waals surface area contributed by atoms with Gasteiger partial charge in [0, 0.05) is 29.9 Å². The number of halogens is 6. The molecule has 0 spiro atoms. The van der Waals surface area contributed by atoms with Crippen molar-refractivity contribution >= 4 is 45.6 Å². The molecule has 75 heavy (non-hydrogen) atoms. The highest BCUT2D eigenvalue weighted by Gasteiger charge is 2.31. The summed E-state index contributed by atoms with van der Waals surface area (Å²) in [5.41, 5.74) is 11.5. The lowest BCUT2D eigenvalue weighted by Gasteiger charge is -2.14. The minimum Gasteiger partial charge on any atom is -0.476 e. The van der Waals surface area contributed by atoms with Gasteiger partial charge in [-0.05, 0) is 135 Å². The Labute approximate surface area is 427 Å². The number of aryl methyl sites for hydroxylation is 2. The molecule has 0 fully saturated rings. The van der Waals surface area contributed by atoms with Gasteiger partial charge in [0.1, 0.15) is 0 Å². The van der Waals surface area contributed by atoms with Crippen LogP contribution in [0.2, 0.25) is 0 Å². The maximum atomic E-state index is 13.4. The molecule has 2 heterocycles. The van der Waals surface area contributed by atoms with Crippen molar-refractivity contribution in [3.63, 3.8) is 0 Å². The summed E-state index contributed by atoms with van der Waals surface area (Å²) in [6.07, 6.45) is -8.11. The topological polar surface area (TPSA) is 181 Å². The summed E-state index contributed by atoms with van der Waals surface area (Å²) in [5, 5.41) is 22.2. The number of hydrogen-bond donors (Lipinski definition) is 3. The van der Waals surface area contributed by atoms with Gasteiger partial charge in [-0.15, -0.1) is 0 Å². The molecule has 8 rings (SSSR count). The van der Waals surface area contributed by atoms with Gasteiger partial charge in [-0.3, -0.25) is 14.2 Å². The highest BCUT2D eigenvalue weighted by atomic mass is 19.4. The number of aromatic nitrogens is 4. The molecule has 8 aromatic rings. The van der Waals surface area contributed by atoms with Gasteiger partial charge < -0.3 is 25.6 Å². The zero-order chi connectivity index (χ0) is 54.8. The lowest BCUT2D eigenvalue weighted by Crippen LogP contribution is -2.27. The van der Waals surface area contributed by atoms with Crippen molar-refractivity contribution in [2.45, 2.75) is 78.1 Å². The van der Waals surface area contributed by atoms with Crippen molar-refractivity contribution in [2.24, 2.45) is 5.73 Å². The van der Waals surface area contributed by atoms with Gasteiger partial charge >= 0.3 is 30.3 Å². The van der Waals surface area contributed by atoms with Crippen LogP contribution in [0.1, 0.15) is 126 Å². The summed E-state index contributed by atoms with van der Waals surface area (Å²) in [6.45, 7) is 8.56. The van der Waals surface area contributed by atoms with Crippen LogP contribution in [0.3, 0.4) is 0 Å². The number of nitrogens with one attached hydrogen (secondary N) is 1. The Morgan fingerprint density at radius 2 is 0.973 bits per heavy atom. The van der Waals surface area contributed by atoms with E-state index in [2.05, 4.69) is 20.3 Å². The molecule has 4 N–H and O–H groups in total. The summed E-state index contributed by atoms with van der Waals surface area (Å²) in [7, 11) is 2.67. The second-order valence-corrected chi connectivity index (χ2v) is 17.2. The van der Waals surface area contributed by atoms with E-state index >= 15 is 0 Å². The first-order valence-electron chi connectivity index (χ1n) is 23.5. The standard InChI is InChI=1S/C28H26F3N3O3.C18H15F3N2O2.C10H13NO2/c1-4-34-23-7-5-6-21(16-18-8-14-22(15-9-18)28(29,30)31)24(23)25(33-34)26(35)32-17(2)19-10-12-20(13-11-19)27(36)37-3;1-2-23-14-5-3-4-12(15(14)16(22-23)17(24)25)10-11-6-8-13(9-7-11)18(19,20)21;1-7(11)8-3-5-9(6-4-8)10(12)13-2/h5-15,17H,4,16H2,1-3H3,(H,32,35);3-9H,2,10H2,1H3,(H,24,25);3-7H,11H2,1-2H3/t17-;;7-/m0.0/s1. The summed E-state index contributed by atoms with van der Waals surface area (Å²) in [6, 6.07) is 34.3. The van der Waals surface area contributed by atoms with E-state index in [1.165, 1.54) is 38.5 Å². The number of carbonyl (C=O) groups is 4. The van der Waals surface area contributed by atoms with Crippen molar-refractivity contribution in [3.8, 4) is 0 Å². The molecule has 392 valence electrons. The molecule has 0 aliphatic carbocycles. The second kappa shape index (κ2) is 24.1. The Bertz CT molecular complexity index is 3280. The van der Waals surface area contributed by atoms with Crippen LogP contribution >= 0.6 is 0 Å². The highest BCUT2D eigenvalue weighted by Crippen LogP contribution is 2.33. The third kappa shape index (κ3) is 13.7. The van der Waals surface area contributed by atoms with E-state index in [1.807, 2.05) is 58.0 Å². The molecule has 19 heteroatoms. The average molecular weight is 1040 g/mol. The van der Waals surface area contributed by atoms with Crippen molar-refractivity contribution in [3.05, 3.63) is 200 Å². The lowest BCUT2D eigenvalue weighted by molar-refractivity contribution is -0.138. The SMILES string of the molecule is CCn1nc(C(=O)N[C@@H](C)c2ccc(C(=O)OC)cc2)c2c(Cc3ccc(C(F)(F)F)cc3)cccc21.CCn1nc(C(=O)O)c2c(Cc3ccc(C(F)(F)F)cc3)cccc21.COC(=O)c1ccc([C@H](C)N)cc1. The summed E-state index contributed by atoms with van der Waals surface area (Å²) in [5.74, 6) is -2.27. The highest BCUT2D eigenvalue weighted by molar-refractivity contribution is 6.06. The molecule has 0 unspecified atom stereocenters. The molecule has 0 saturated carbocycles. The smallest absolute Gasteiger partial charge is 0.416 e. The van der Waals surface area contributed by atoms with E-state index in [0.29, 0.717) is 70.0 Å². The Morgan fingerprint density at radius 1 is 0.587 bits per heavy atom. The third-order valence-corrected chi connectivity index (χ3v) is 12.1. The molecule has 0 saturated heterocycles.